The van der Waals surface area contributed by atoms with E-state index in [9.17, 15) is 4.79 Å². The van der Waals surface area contributed by atoms with Crippen molar-refractivity contribution in [1.82, 2.24) is 14.7 Å². The first kappa shape index (κ1) is 13.1. The number of carbonyl (C=O) groups excluding carboxylic acids is 1. The Morgan fingerprint density at radius 2 is 2.33 bits per heavy atom. The van der Waals surface area contributed by atoms with Crippen molar-refractivity contribution in [3.63, 3.8) is 0 Å². The number of hydrogen-bond acceptors (Lipinski definition) is 3. The fraction of sp³-hybridized carbons (Fsp3) is 0.692. The molecule has 100 valence electrons. The van der Waals surface area contributed by atoms with Gasteiger partial charge in [0.25, 0.3) is 5.91 Å². The molecule has 1 atom stereocenters. The normalized spacial score (nSPS) is 19.8. The zero-order chi connectivity index (χ0) is 13.3. The number of nitrogens with zero attached hydrogens (tertiary/aromatic N) is 3. The first-order valence-corrected chi connectivity index (χ1v) is 6.65. The third kappa shape index (κ3) is 2.41. The van der Waals surface area contributed by atoms with Gasteiger partial charge in [0.05, 0.1) is 5.69 Å². The average Bonchev–Trinajstić information content (AvgIpc) is 2.93. The Morgan fingerprint density at radius 3 is 2.83 bits per heavy atom. The maximum absolute atomic E-state index is 12.4. The SMILES string of the molecule is CCn1nc(C(C)C)cc1C(=O)N1CC[C@@H](N)C1. The van der Waals surface area contributed by atoms with Crippen LogP contribution in [0.1, 0.15) is 49.3 Å². The number of hydrogen-bond donors (Lipinski definition) is 1. The molecule has 1 amide bonds. The van der Waals surface area contributed by atoms with Gasteiger partial charge in [-0.15, -0.1) is 0 Å². The lowest BCUT2D eigenvalue weighted by atomic mass is 10.1. The molecular formula is C13H22N4O. The van der Waals surface area contributed by atoms with Crippen molar-refractivity contribution in [2.45, 2.75) is 45.7 Å². The lowest BCUT2D eigenvalue weighted by molar-refractivity contribution is 0.0778. The summed E-state index contributed by atoms with van der Waals surface area (Å²) >= 11 is 0. The minimum absolute atomic E-state index is 0.0594. The molecule has 1 aromatic heterocycles. The zero-order valence-corrected chi connectivity index (χ0v) is 11.4. The molecule has 1 aromatic rings. The van der Waals surface area contributed by atoms with E-state index in [4.69, 9.17) is 5.73 Å². The Hall–Kier alpha value is -1.36. The average molecular weight is 250 g/mol. The molecule has 0 spiro atoms. The number of aromatic nitrogens is 2. The van der Waals surface area contributed by atoms with Crippen LogP contribution in [-0.4, -0.2) is 39.7 Å². The van der Waals surface area contributed by atoms with E-state index < -0.39 is 0 Å². The molecule has 2 N–H and O–H groups in total. The van der Waals surface area contributed by atoms with E-state index in [0.717, 1.165) is 18.7 Å². The third-order valence-electron chi connectivity index (χ3n) is 3.42. The molecule has 1 fully saturated rings. The van der Waals surface area contributed by atoms with Crippen molar-refractivity contribution in [3.05, 3.63) is 17.5 Å². The number of likely N-dealkylation sites (tertiary alicyclic amines) is 1. The van der Waals surface area contributed by atoms with E-state index in [0.29, 0.717) is 24.7 Å². The Morgan fingerprint density at radius 1 is 1.61 bits per heavy atom. The van der Waals surface area contributed by atoms with Crippen LogP contribution < -0.4 is 5.73 Å². The summed E-state index contributed by atoms with van der Waals surface area (Å²) in [5.74, 6) is 0.398. The minimum Gasteiger partial charge on any atom is -0.336 e. The van der Waals surface area contributed by atoms with E-state index >= 15 is 0 Å². The summed E-state index contributed by atoms with van der Waals surface area (Å²) in [6, 6.07) is 2.04. The molecule has 0 aliphatic carbocycles. The van der Waals surface area contributed by atoms with E-state index in [1.807, 2.05) is 17.9 Å². The maximum atomic E-state index is 12.4. The molecule has 0 bridgehead atoms. The van der Waals surface area contributed by atoms with Crippen molar-refractivity contribution < 1.29 is 4.79 Å². The highest BCUT2D eigenvalue weighted by atomic mass is 16.2. The van der Waals surface area contributed by atoms with E-state index in [2.05, 4.69) is 18.9 Å². The number of aryl methyl sites for hydroxylation is 1. The van der Waals surface area contributed by atoms with Gasteiger partial charge in [-0.05, 0) is 25.3 Å². The molecule has 18 heavy (non-hydrogen) atoms. The predicted octanol–water partition coefficient (Wildman–Crippen LogP) is 1.20. The predicted molar refractivity (Wildman–Crippen MR) is 70.5 cm³/mol. The molecule has 1 saturated heterocycles. The highest BCUT2D eigenvalue weighted by Crippen LogP contribution is 2.18. The summed E-state index contributed by atoms with van der Waals surface area (Å²) in [5.41, 5.74) is 7.51. The van der Waals surface area contributed by atoms with Gasteiger partial charge in [0.2, 0.25) is 0 Å². The monoisotopic (exact) mass is 250 g/mol. The number of amides is 1. The van der Waals surface area contributed by atoms with E-state index in [1.54, 1.807) is 4.68 Å². The second-order valence-corrected chi connectivity index (χ2v) is 5.22. The highest BCUT2D eigenvalue weighted by Gasteiger charge is 2.27. The molecule has 0 saturated carbocycles. The van der Waals surface area contributed by atoms with E-state index in [1.165, 1.54) is 0 Å². The third-order valence-corrected chi connectivity index (χ3v) is 3.42. The number of rotatable bonds is 3. The largest absolute Gasteiger partial charge is 0.336 e. The molecule has 1 aliphatic rings. The molecule has 0 unspecified atom stereocenters. The van der Waals surface area contributed by atoms with Gasteiger partial charge in [0.1, 0.15) is 5.69 Å². The molecule has 5 heteroatoms. The van der Waals surface area contributed by atoms with Crippen molar-refractivity contribution in [2.24, 2.45) is 5.73 Å². The van der Waals surface area contributed by atoms with Crippen molar-refractivity contribution in [3.8, 4) is 0 Å². The van der Waals surface area contributed by atoms with Crippen LogP contribution in [0.5, 0.6) is 0 Å². The van der Waals surface area contributed by atoms with Crippen LogP contribution >= 0.6 is 0 Å². The zero-order valence-electron chi connectivity index (χ0n) is 11.4. The van der Waals surface area contributed by atoms with Gasteiger partial charge in [0, 0.05) is 25.7 Å². The van der Waals surface area contributed by atoms with Gasteiger partial charge < -0.3 is 10.6 Å². The Kier molecular flexibility index (Phi) is 3.71. The van der Waals surface area contributed by atoms with Gasteiger partial charge in [-0.25, -0.2) is 0 Å². The summed E-state index contributed by atoms with van der Waals surface area (Å²) < 4.78 is 1.79. The molecule has 1 aliphatic heterocycles. The molecule has 2 rings (SSSR count). The van der Waals surface area contributed by atoms with Gasteiger partial charge in [-0.1, -0.05) is 13.8 Å². The minimum atomic E-state index is 0.0594. The standard InChI is InChI=1S/C13H22N4O/c1-4-17-12(7-11(15-17)9(2)3)13(18)16-6-5-10(14)8-16/h7,9-10H,4-6,8,14H2,1-3H3/t10-/m1/s1. The Bertz CT molecular complexity index is 438. The van der Waals surface area contributed by atoms with Gasteiger partial charge in [-0.3, -0.25) is 9.48 Å². The van der Waals surface area contributed by atoms with Crippen LogP contribution in [0.15, 0.2) is 6.07 Å². The Balaban J connectivity index is 2.23. The first-order valence-electron chi connectivity index (χ1n) is 6.65. The molecule has 0 aromatic carbocycles. The smallest absolute Gasteiger partial charge is 0.272 e. The number of nitrogens with two attached hydrogens (primary N) is 1. The topological polar surface area (TPSA) is 64.2 Å². The fourth-order valence-electron chi connectivity index (χ4n) is 2.27. The lowest BCUT2D eigenvalue weighted by Gasteiger charge is -2.15. The molecule has 5 nitrogen and oxygen atoms in total. The van der Waals surface area contributed by atoms with Gasteiger partial charge >= 0.3 is 0 Å². The lowest BCUT2D eigenvalue weighted by Crippen LogP contribution is -2.33. The van der Waals surface area contributed by atoms with Crippen LogP contribution in [0, 0.1) is 0 Å². The summed E-state index contributed by atoms with van der Waals surface area (Å²) in [7, 11) is 0. The van der Waals surface area contributed by atoms with Crippen LogP contribution in [0.2, 0.25) is 0 Å². The van der Waals surface area contributed by atoms with Crippen LogP contribution in [0.4, 0.5) is 0 Å². The van der Waals surface area contributed by atoms with Crippen LogP contribution in [0.25, 0.3) is 0 Å². The quantitative estimate of drug-likeness (QED) is 0.876. The summed E-state index contributed by atoms with van der Waals surface area (Å²) in [6.45, 7) is 8.30. The second kappa shape index (κ2) is 5.10. The molecular weight excluding hydrogens is 228 g/mol. The van der Waals surface area contributed by atoms with E-state index in [-0.39, 0.29) is 11.9 Å². The van der Waals surface area contributed by atoms with Crippen molar-refractivity contribution in [2.75, 3.05) is 13.1 Å². The van der Waals surface area contributed by atoms with Crippen molar-refractivity contribution >= 4 is 5.91 Å². The van der Waals surface area contributed by atoms with Gasteiger partial charge in [-0.2, -0.15) is 5.10 Å². The summed E-state index contributed by atoms with van der Waals surface area (Å²) in [5, 5.41) is 4.48. The number of carbonyl (C=O) groups is 1. The first-order chi connectivity index (χ1) is 8.52. The Labute approximate surface area is 108 Å². The maximum Gasteiger partial charge on any atom is 0.272 e. The fourth-order valence-corrected chi connectivity index (χ4v) is 2.27. The second-order valence-electron chi connectivity index (χ2n) is 5.22. The van der Waals surface area contributed by atoms with Crippen LogP contribution in [0.3, 0.4) is 0 Å². The highest BCUT2D eigenvalue weighted by molar-refractivity contribution is 5.93. The van der Waals surface area contributed by atoms with Gasteiger partial charge in [0.15, 0.2) is 0 Å². The summed E-state index contributed by atoms with van der Waals surface area (Å²) in [6.07, 6.45) is 0.892. The van der Waals surface area contributed by atoms with Crippen molar-refractivity contribution in [1.29, 1.82) is 0 Å². The summed E-state index contributed by atoms with van der Waals surface area (Å²) in [4.78, 5) is 14.2. The molecule has 0 radical (unpaired) electrons. The van der Waals surface area contributed by atoms with Crippen LogP contribution in [-0.2, 0) is 6.54 Å². The molecule has 2 heterocycles.